The maximum atomic E-state index is 12.4. The molecular weight excluding hydrogens is 338 g/mol. The summed E-state index contributed by atoms with van der Waals surface area (Å²) < 4.78 is 5.37. The van der Waals surface area contributed by atoms with Gasteiger partial charge >= 0.3 is 5.97 Å². The van der Waals surface area contributed by atoms with Crippen LogP contribution >= 0.6 is 11.8 Å². The van der Waals surface area contributed by atoms with Gasteiger partial charge in [0.2, 0.25) is 5.91 Å². The van der Waals surface area contributed by atoms with E-state index in [4.69, 9.17) is 9.84 Å². The van der Waals surface area contributed by atoms with Crippen LogP contribution in [0.3, 0.4) is 0 Å². The van der Waals surface area contributed by atoms with E-state index in [0.717, 1.165) is 16.2 Å². The lowest BCUT2D eigenvalue weighted by Crippen LogP contribution is -2.27. The second kappa shape index (κ2) is 8.58. The Morgan fingerprint density at radius 1 is 1.16 bits per heavy atom. The fraction of sp³-hybridized carbons (Fsp3) is 0.263. The first-order chi connectivity index (χ1) is 11.9. The van der Waals surface area contributed by atoms with Crippen molar-refractivity contribution in [2.24, 2.45) is 0 Å². The molecule has 2 aromatic carbocycles. The van der Waals surface area contributed by atoms with Gasteiger partial charge in [0.25, 0.3) is 0 Å². The number of carbonyl (C=O) groups excluding carboxylic acids is 1. The van der Waals surface area contributed by atoms with Gasteiger partial charge in [0.05, 0.1) is 19.1 Å². The van der Waals surface area contributed by atoms with Gasteiger partial charge < -0.3 is 14.7 Å². The van der Waals surface area contributed by atoms with E-state index in [1.54, 1.807) is 43.0 Å². The van der Waals surface area contributed by atoms with E-state index in [1.807, 2.05) is 24.5 Å². The number of hydrogen-bond acceptors (Lipinski definition) is 4. The molecule has 0 unspecified atom stereocenters. The smallest absolute Gasteiger partial charge is 0.335 e. The average molecular weight is 359 g/mol. The normalized spacial score (nSPS) is 10.4. The number of methoxy groups -OCH3 is 1. The Kier molecular flexibility index (Phi) is 6.47. The number of carboxylic acids is 1. The highest BCUT2D eigenvalue weighted by Gasteiger charge is 2.13. The van der Waals surface area contributed by atoms with Crippen LogP contribution in [-0.2, 0) is 17.8 Å². The molecule has 0 aliphatic rings. The third kappa shape index (κ3) is 5.00. The second-order valence-corrected chi connectivity index (χ2v) is 6.47. The van der Waals surface area contributed by atoms with Crippen LogP contribution in [-0.4, -0.2) is 42.3 Å². The number of likely N-dealkylation sites (N-methyl/N-ethyl adjacent to an activating group) is 1. The zero-order valence-electron chi connectivity index (χ0n) is 14.5. The van der Waals surface area contributed by atoms with Gasteiger partial charge in [-0.1, -0.05) is 18.2 Å². The maximum absolute atomic E-state index is 12.4. The van der Waals surface area contributed by atoms with E-state index in [-0.39, 0.29) is 17.9 Å². The number of ether oxygens (including phenoxy) is 1. The van der Waals surface area contributed by atoms with Crippen molar-refractivity contribution in [1.29, 1.82) is 0 Å². The summed E-state index contributed by atoms with van der Waals surface area (Å²) >= 11 is 1.61. The first-order valence-electron chi connectivity index (χ1n) is 7.71. The Balaban J connectivity index is 2.05. The molecule has 0 aromatic heterocycles. The minimum Gasteiger partial charge on any atom is -0.496 e. The molecular formula is C19H21NO4S. The highest BCUT2D eigenvalue weighted by molar-refractivity contribution is 7.98. The molecule has 0 radical (unpaired) electrons. The number of benzene rings is 2. The number of amides is 1. The summed E-state index contributed by atoms with van der Waals surface area (Å²) in [6, 6.07) is 12.3. The molecule has 1 amide bonds. The van der Waals surface area contributed by atoms with E-state index in [9.17, 15) is 9.59 Å². The minimum absolute atomic E-state index is 0.0737. The van der Waals surface area contributed by atoms with Gasteiger partial charge in [-0.25, -0.2) is 4.79 Å². The molecule has 132 valence electrons. The lowest BCUT2D eigenvalue weighted by Gasteiger charge is -2.18. The molecule has 6 heteroatoms. The molecule has 2 aromatic rings. The van der Waals surface area contributed by atoms with Gasteiger partial charge in [-0.2, -0.15) is 0 Å². The first kappa shape index (κ1) is 18.9. The van der Waals surface area contributed by atoms with Gasteiger partial charge in [0.1, 0.15) is 5.75 Å². The van der Waals surface area contributed by atoms with Gasteiger partial charge in [-0.3, -0.25) is 4.79 Å². The summed E-state index contributed by atoms with van der Waals surface area (Å²) in [5, 5.41) is 9.03. The third-order valence-corrected chi connectivity index (χ3v) is 4.60. The number of rotatable bonds is 7. The van der Waals surface area contributed by atoms with Crippen LogP contribution in [0.2, 0.25) is 0 Å². The molecule has 0 bridgehead atoms. The molecule has 5 nitrogen and oxygen atoms in total. The highest BCUT2D eigenvalue weighted by Crippen LogP contribution is 2.28. The summed E-state index contributed by atoms with van der Waals surface area (Å²) in [4.78, 5) is 26.1. The Morgan fingerprint density at radius 3 is 2.56 bits per heavy atom. The highest BCUT2D eigenvalue weighted by atomic mass is 32.2. The summed E-state index contributed by atoms with van der Waals surface area (Å²) in [7, 11) is 3.36. The summed E-state index contributed by atoms with van der Waals surface area (Å²) in [6.07, 6.45) is 2.15. The molecule has 0 saturated heterocycles. The standard InChI is InChI=1S/C19H21NO4S/c1-20(12-14-7-8-17(25-3)16(10-14)24-2)18(21)11-13-5-4-6-15(9-13)19(22)23/h4-10H,11-12H2,1-3H3,(H,22,23). The predicted octanol–water partition coefficient (Wildman–Crippen LogP) is 3.32. The van der Waals surface area contributed by atoms with E-state index >= 15 is 0 Å². The Bertz CT molecular complexity index is 776. The van der Waals surface area contributed by atoms with Crippen molar-refractivity contribution in [1.82, 2.24) is 4.90 Å². The quantitative estimate of drug-likeness (QED) is 0.768. The van der Waals surface area contributed by atoms with Gasteiger partial charge in [-0.15, -0.1) is 11.8 Å². The van der Waals surface area contributed by atoms with Crippen LogP contribution in [0, 0.1) is 0 Å². The zero-order chi connectivity index (χ0) is 18.4. The fourth-order valence-corrected chi connectivity index (χ4v) is 3.01. The maximum Gasteiger partial charge on any atom is 0.335 e. The number of aromatic carboxylic acids is 1. The molecule has 0 heterocycles. The topological polar surface area (TPSA) is 66.8 Å². The number of thioether (sulfide) groups is 1. The molecule has 0 aliphatic heterocycles. The lowest BCUT2D eigenvalue weighted by molar-refractivity contribution is -0.129. The third-order valence-electron chi connectivity index (χ3n) is 3.82. The average Bonchev–Trinajstić information content (AvgIpc) is 2.61. The van der Waals surface area contributed by atoms with Crippen LogP contribution in [0.15, 0.2) is 47.4 Å². The number of hydrogen-bond donors (Lipinski definition) is 1. The Labute approximate surface area is 151 Å². The molecule has 1 N–H and O–H groups in total. The largest absolute Gasteiger partial charge is 0.496 e. The van der Waals surface area contributed by atoms with Crippen molar-refractivity contribution < 1.29 is 19.4 Å². The van der Waals surface area contributed by atoms with Crippen molar-refractivity contribution >= 4 is 23.6 Å². The first-order valence-corrected chi connectivity index (χ1v) is 8.94. The lowest BCUT2D eigenvalue weighted by atomic mass is 10.1. The zero-order valence-corrected chi connectivity index (χ0v) is 15.3. The number of carboxylic acid groups (broad SMARTS) is 1. The van der Waals surface area contributed by atoms with Crippen LogP contribution in [0.1, 0.15) is 21.5 Å². The SMILES string of the molecule is COc1cc(CN(C)C(=O)Cc2cccc(C(=O)O)c2)ccc1SC. The fourth-order valence-electron chi connectivity index (χ4n) is 2.46. The van der Waals surface area contributed by atoms with Gasteiger partial charge in [-0.05, 0) is 41.6 Å². The molecule has 0 atom stereocenters. The van der Waals surface area contributed by atoms with E-state index < -0.39 is 5.97 Å². The van der Waals surface area contributed by atoms with Crippen LogP contribution in [0.25, 0.3) is 0 Å². The Hall–Kier alpha value is -2.47. The van der Waals surface area contributed by atoms with Crippen LogP contribution in [0.4, 0.5) is 0 Å². The van der Waals surface area contributed by atoms with Crippen LogP contribution in [0.5, 0.6) is 5.75 Å². The second-order valence-electron chi connectivity index (χ2n) is 5.62. The molecule has 0 spiro atoms. The monoisotopic (exact) mass is 359 g/mol. The number of nitrogens with zero attached hydrogens (tertiary/aromatic N) is 1. The van der Waals surface area contributed by atoms with Crippen LogP contribution < -0.4 is 4.74 Å². The summed E-state index contributed by atoms with van der Waals surface area (Å²) in [5.41, 5.74) is 1.85. The molecule has 25 heavy (non-hydrogen) atoms. The Morgan fingerprint density at radius 2 is 1.92 bits per heavy atom. The minimum atomic E-state index is -0.997. The van der Waals surface area contributed by atoms with Gasteiger partial charge in [0, 0.05) is 18.5 Å². The molecule has 0 aliphatic carbocycles. The van der Waals surface area contributed by atoms with Crippen molar-refractivity contribution in [2.45, 2.75) is 17.9 Å². The predicted molar refractivity (Wildman–Crippen MR) is 98.4 cm³/mol. The summed E-state index contributed by atoms with van der Waals surface area (Å²) in [6.45, 7) is 0.461. The molecule has 0 saturated carbocycles. The molecule has 2 rings (SSSR count). The van der Waals surface area contributed by atoms with Crippen molar-refractivity contribution in [3.8, 4) is 5.75 Å². The molecule has 0 fully saturated rings. The van der Waals surface area contributed by atoms with E-state index in [1.165, 1.54) is 12.1 Å². The van der Waals surface area contributed by atoms with Crippen molar-refractivity contribution in [2.75, 3.05) is 20.4 Å². The van der Waals surface area contributed by atoms with E-state index in [0.29, 0.717) is 12.1 Å². The summed E-state index contributed by atoms with van der Waals surface area (Å²) in [5.74, 6) is -0.279. The van der Waals surface area contributed by atoms with Crippen molar-refractivity contribution in [3.05, 3.63) is 59.2 Å². The van der Waals surface area contributed by atoms with Crippen molar-refractivity contribution in [3.63, 3.8) is 0 Å². The van der Waals surface area contributed by atoms with E-state index in [2.05, 4.69) is 0 Å². The van der Waals surface area contributed by atoms with Gasteiger partial charge in [0.15, 0.2) is 0 Å². The number of carbonyl (C=O) groups is 2.